The third kappa shape index (κ3) is 3.47. The lowest BCUT2D eigenvalue weighted by Gasteiger charge is -2.09. The predicted octanol–water partition coefficient (Wildman–Crippen LogP) is 2.45. The van der Waals surface area contributed by atoms with E-state index >= 15 is 0 Å². The number of hydrogen-bond donors (Lipinski definition) is 1. The summed E-state index contributed by atoms with van der Waals surface area (Å²) in [7, 11) is 1.87. The van der Waals surface area contributed by atoms with Gasteiger partial charge >= 0.3 is 0 Å². The molecule has 0 radical (unpaired) electrons. The van der Waals surface area contributed by atoms with Gasteiger partial charge in [0.05, 0.1) is 6.61 Å². The van der Waals surface area contributed by atoms with Crippen LogP contribution in [0, 0.1) is 12.8 Å². The first-order valence-electron chi connectivity index (χ1n) is 7.61. The van der Waals surface area contributed by atoms with E-state index in [1.807, 2.05) is 42.9 Å². The molecule has 0 atom stereocenters. The maximum absolute atomic E-state index is 12.3. The Kier molecular flexibility index (Phi) is 4.13. The summed E-state index contributed by atoms with van der Waals surface area (Å²) in [6, 6.07) is 5.72. The van der Waals surface area contributed by atoms with E-state index in [0.717, 1.165) is 17.7 Å². The topological polar surface area (TPSA) is 56.2 Å². The molecule has 5 heteroatoms. The van der Waals surface area contributed by atoms with Gasteiger partial charge in [-0.3, -0.25) is 4.79 Å². The van der Waals surface area contributed by atoms with E-state index in [2.05, 4.69) is 10.3 Å². The Morgan fingerprint density at radius 2 is 2.27 bits per heavy atom. The molecule has 1 aliphatic carbocycles. The highest BCUT2D eigenvalue weighted by atomic mass is 16.5. The molecule has 5 nitrogen and oxygen atoms in total. The Morgan fingerprint density at radius 3 is 2.95 bits per heavy atom. The first-order valence-corrected chi connectivity index (χ1v) is 7.61. The van der Waals surface area contributed by atoms with Gasteiger partial charge in [-0.05, 0) is 48.9 Å². The molecule has 2 aromatic rings. The summed E-state index contributed by atoms with van der Waals surface area (Å²) < 4.78 is 7.49. The van der Waals surface area contributed by atoms with Crippen LogP contribution in [0.15, 0.2) is 30.6 Å². The van der Waals surface area contributed by atoms with Crippen molar-refractivity contribution in [3.63, 3.8) is 0 Å². The van der Waals surface area contributed by atoms with Crippen LogP contribution in [0.25, 0.3) is 0 Å². The summed E-state index contributed by atoms with van der Waals surface area (Å²) in [5.41, 5.74) is 2.66. The highest BCUT2D eigenvalue weighted by molar-refractivity contribution is 5.94. The van der Waals surface area contributed by atoms with Crippen molar-refractivity contribution in [3.8, 4) is 5.88 Å². The van der Waals surface area contributed by atoms with Crippen LogP contribution in [0.5, 0.6) is 5.88 Å². The van der Waals surface area contributed by atoms with Crippen molar-refractivity contribution >= 4 is 5.91 Å². The molecule has 1 saturated carbocycles. The number of pyridine rings is 1. The molecule has 0 bridgehead atoms. The average Bonchev–Trinajstić information content (AvgIpc) is 3.28. The Balaban J connectivity index is 1.58. The average molecular weight is 299 g/mol. The van der Waals surface area contributed by atoms with Crippen molar-refractivity contribution in [2.45, 2.75) is 26.3 Å². The third-order valence-electron chi connectivity index (χ3n) is 3.91. The number of hydrogen-bond acceptors (Lipinski definition) is 3. The normalized spacial score (nSPS) is 13.9. The number of aryl methyl sites for hydroxylation is 2. The Bertz CT molecular complexity index is 655. The molecule has 1 N–H and O–H groups in total. The fourth-order valence-corrected chi connectivity index (χ4v) is 2.39. The van der Waals surface area contributed by atoms with E-state index in [4.69, 9.17) is 4.74 Å². The van der Waals surface area contributed by atoms with Gasteiger partial charge in [-0.15, -0.1) is 0 Å². The van der Waals surface area contributed by atoms with Gasteiger partial charge in [0.2, 0.25) is 5.88 Å². The van der Waals surface area contributed by atoms with Crippen LogP contribution in [0.2, 0.25) is 0 Å². The van der Waals surface area contributed by atoms with Crippen LogP contribution < -0.4 is 10.1 Å². The fourth-order valence-electron chi connectivity index (χ4n) is 2.39. The first kappa shape index (κ1) is 14.6. The quantitative estimate of drug-likeness (QED) is 0.891. The van der Waals surface area contributed by atoms with Crippen molar-refractivity contribution in [3.05, 3.63) is 47.4 Å². The minimum atomic E-state index is -0.0674. The van der Waals surface area contributed by atoms with Crippen LogP contribution in [-0.4, -0.2) is 22.1 Å². The molecule has 22 heavy (non-hydrogen) atoms. The number of nitrogens with one attached hydrogen (secondary N) is 1. The van der Waals surface area contributed by atoms with Gasteiger partial charge in [-0.25, -0.2) is 4.98 Å². The number of rotatable bonds is 6. The molecule has 1 fully saturated rings. The SMILES string of the molecule is Cc1ccn(C)c1C(=O)NCc1ccnc(OCC2CC2)c1. The lowest BCUT2D eigenvalue weighted by Crippen LogP contribution is -2.25. The minimum absolute atomic E-state index is 0.0674. The predicted molar refractivity (Wildman–Crippen MR) is 83.8 cm³/mol. The van der Waals surface area contributed by atoms with E-state index in [1.165, 1.54) is 12.8 Å². The Labute approximate surface area is 130 Å². The van der Waals surface area contributed by atoms with E-state index < -0.39 is 0 Å². The molecular formula is C17H21N3O2. The van der Waals surface area contributed by atoms with Crippen LogP contribution in [0.3, 0.4) is 0 Å². The van der Waals surface area contributed by atoms with Gasteiger partial charge in [-0.1, -0.05) is 0 Å². The number of carbonyl (C=O) groups excluding carboxylic acids is 1. The maximum atomic E-state index is 12.3. The fraction of sp³-hybridized carbons (Fsp3) is 0.412. The van der Waals surface area contributed by atoms with E-state index in [1.54, 1.807) is 6.20 Å². The number of nitrogens with zero attached hydrogens (tertiary/aromatic N) is 2. The minimum Gasteiger partial charge on any atom is -0.477 e. The molecule has 2 aromatic heterocycles. The monoisotopic (exact) mass is 299 g/mol. The molecule has 116 valence electrons. The summed E-state index contributed by atoms with van der Waals surface area (Å²) in [4.78, 5) is 16.5. The molecular weight excluding hydrogens is 278 g/mol. The molecule has 3 rings (SSSR count). The van der Waals surface area contributed by atoms with Gasteiger partial charge in [-0.2, -0.15) is 0 Å². The summed E-state index contributed by atoms with van der Waals surface area (Å²) in [5.74, 6) is 1.27. The highest BCUT2D eigenvalue weighted by Crippen LogP contribution is 2.29. The number of amides is 1. The Hall–Kier alpha value is -2.30. The van der Waals surface area contributed by atoms with Crippen molar-refractivity contribution < 1.29 is 9.53 Å². The second kappa shape index (κ2) is 6.22. The number of carbonyl (C=O) groups is 1. The van der Waals surface area contributed by atoms with Gasteiger partial charge in [0.25, 0.3) is 5.91 Å². The molecule has 0 aromatic carbocycles. The summed E-state index contributed by atoms with van der Waals surface area (Å²) in [6.45, 7) is 3.14. The lowest BCUT2D eigenvalue weighted by atomic mass is 10.2. The van der Waals surface area contributed by atoms with Crippen molar-refractivity contribution in [2.24, 2.45) is 13.0 Å². The highest BCUT2D eigenvalue weighted by Gasteiger charge is 2.22. The second-order valence-corrected chi connectivity index (χ2v) is 5.90. The van der Waals surface area contributed by atoms with Crippen molar-refractivity contribution in [1.29, 1.82) is 0 Å². The maximum Gasteiger partial charge on any atom is 0.268 e. The van der Waals surface area contributed by atoms with Crippen molar-refractivity contribution in [1.82, 2.24) is 14.9 Å². The number of ether oxygens (including phenoxy) is 1. The van der Waals surface area contributed by atoms with Crippen LogP contribution in [0.1, 0.15) is 34.5 Å². The van der Waals surface area contributed by atoms with E-state index in [9.17, 15) is 4.79 Å². The van der Waals surface area contributed by atoms with Gasteiger partial charge in [0.15, 0.2) is 0 Å². The smallest absolute Gasteiger partial charge is 0.268 e. The molecule has 2 heterocycles. The van der Waals surface area contributed by atoms with Crippen LogP contribution in [0.4, 0.5) is 0 Å². The summed E-state index contributed by atoms with van der Waals surface area (Å²) >= 11 is 0. The van der Waals surface area contributed by atoms with Gasteiger partial charge < -0.3 is 14.6 Å². The van der Waals surface area contributed by atoms with Gasteiger partial charge in [0, 0.05) is 32.1 Å². The summed E-state index contributed by atoms with van der Waals surface area (Å²) in [6.07, 6.45) is 6.12. The molecule has 0 saturated heterocycles. The largest absolute Gasteiger partial charge is 0.477 e. The lowest BCUT2D eigenvalue weighted by molar-refractivity contribution is 0.0942. The second-order valence-electron chi connectivity index (χ2n) is 5.90. The molecule has 0 unspecified atom stereocenters. The first-order chi connectivity index (χ1) is 10.6. The molecule has 1 amide bonds. The zero-order valence-electron chi connectivity index (χ0n) is 13.0. The third-order valence-corrected chi connectivity index (χ3v) is 3.91. The summed E-state index contributed by atoms with van der Waals surface area (Å²) in [5, 5.41) is 2.94. The molecule has 0 spiro atoms. The van der Waals surface area contributed by atoms with Crippen LogP contribution in [-0.2, 0) is 13.6 Å². The van der Waals surface area contributed by atoms with Gasteiger partial charge in [0.1, 0.15) is 5.69 Å². The number of aromatic nitrogens is 2. The zero-order valence-corrected chi connectivity index (χ0v) is 13.0. The van der Waals surface area contributed by atoms with E-state index in [0.29, 0.717) is 24.0 Å². The standard InChI is InChI=1S/C17H21N3O2/c1-12-6-8-20(2)16(12)17(21)19-10-14-5-7-18-15(9-14)22-11-13-3-4-13/h5-9,13H,3-4,10-11H2,1-2H3,(H,19,21). The zero-order chi connectivity index (χ0) is 15.5. The van der Waals surface area contributed by atoms with Crippen LogP contribution >= 0.6 is 0 Å². The van der Waals surface area contributed by atoms with Crippen molar-refractivity contribution in [2.75, 3.05) is 6.61 Å². The molecule has 0 aliphatic heterocycles. The Morgan fingerprint density at radius 1 is 1.45 bits per heavy atom. The molecule has 1 aliphatic rings. The van der Waals surface area contributed by atoms with E-state index in [-0.39, 0.29) is 5.91 Å².